The van der Waals surface area contributed by atoms with Crippen molar-refractivity contribution in [1.82, 2.24) is 9.27 Å². The van der Waals surface area contributed by atoms with Crippen molar-refractivity contribution in [1.29, 1.82) is 0 Å². The van der Waals surface area contributed by atoms with Crippen molar-refractivity contribution in [3.63, 3.8) is 0 Å². The molecule has 0 aliphatic carbocycles. The van der Waals surface area contributed by atoms with Gasteiger partial charge in [-0.25, -0.2) is 0 Å². The number of rotatable bonds is 4. The Morgan fingerprint density at radius 3 is 2.88 bits per heavy atom. The van der Waals surface area contributed by atoms with E-state index in [2.05, 4.69) is 5.32 Å². The Balaban J connectivity index is 1.48. The van der Waals surface area contributed by atoms with Crippen LogP contribution in [0.15, 0.2) is 47.3 Å². The maximum Gasteiger partial charge on any atom is 0.269 e. The molecule has 6 nitrogen and oxygen atoms in total. The summed E-state index contributed by atoms with van der Waals surface area (Å²) in [5.74, 6) is 1.19. The monoisotopic (exact) mass is 356 g/mol. The van der Waals surface area contributed by atoms with Crippen LogP contribution in [0.2, 0.25) is 0 Å². The van der Waals surface area contributed by atoms with Gasteiger partial charge in [-0.15, -0.1) is 0 Å². The number of carbonyl (C=O) groups is 1. The fourth-order valence-electron chi connectivity index (χ4n) is 2.74. The number of ether oxygens (including phenoxy) is 2. The molecule has 0 radical (unpaired) electrons. The first kappa shape index (κ1) is 15.7. The van der Waals surface area contributed by atoms with Gasteiger partial charge in [0.25, 0.3) is 5.56 Å². The second kappa shape index (κ2) is 6.25. The molecule has 0 saturated heterocycles. The molecule has 1 amide bonds. The highest BCUT2D eigenvalue weighted by molar-refractivity contribution is 7.14. The molecule has 2 aromatic carbocycles. The summed E-state index contributed by atoms with van der Waals surface area (Å²) in [4.78, 5) is 24.9. The Kier molecular flexibility index (Phi) is 3.93. The summed E-state index contributed by atoms with van der Waals surface area (Å²) in [5, 5.41) is 3.51. The summed E-state index contributed by atoms with van der Waals surface area (Å²) in [5.41, 5.74) is 0.778. The molecule has 1 aromatic heterocycles. The molecule has 25 heavy (non-hydrogen) atoms. The summed E-state index contributed by atoms with van der Waals surface area (Å²) in [6, 6.07) is 12.3. The highest BCUT2D eigenvalue weighted by Gasteiger charge is 2.20. The number of benzene rings is 2. The molecule has 1 atom stereocenters. The third-order valence-electron chi connectivity index (χ3n) is 4.15. The second-order valence-corrected chi connectivity index (χ2v) is 6.82. The van der Waals surface area contributed by atoms with Gasteiger partial charge in [0.1, 0.15) is 6.04 Å². The van der Waals surface area contributed by atoms with Crippen LogP contribution in [0.25, 0.3) is 10.1 Å². The van der Waals surface area contributed by atoms with Crippen LogP contribution in [-0.4, -0.2) is 16.7 Å². The van der Waals surface area contributed by atoms with Crippen molar-refractivity contribution in [2.75, 3.05) is 6.79 Å². The molecule has 1 aliphatic heterocycles. The summed E-state index contributed by atoms with van der Waals surface area (Å²) < 4.78 is 13.0. The van der Waals surface area contributed by atoms with Gasteiger partial charge in [0, 0.05) is 6.54 Å². The summed E-state index contributed by atoms with van der Waals surface area (Å²) in [7, 11) is 0. The van der Waals surface area contributed by atoms with Crippen molar-refractivity contribution < 1.29 is 14.3 Å². The van der Waals surface area contributed by atoms with Crippen LogP contribution in [0.3, 0.4) is 0 Å². The number of hydrogen-bond donors (Lipinski definition) is 1. The normalized spacial score (nSPS) is 13.8. The van der Waals surface area contributed by atoms with Crippen molar-refractivity contribution >= 4 is 27.5 Å². The molecule has 0 bridgehead atoms. The molecule has 2 heterocycles. The van der Waals surface area contributed by atoms with E-state index in [0.717, 1.165) is 10.3 Å². The van der Waals surface area contributed by atoms with Gasteiger partial charge in [-0.05, 0) is 36.8 Å². The summed E-state index contributed by atoms with van der Waals surface area (Å²) >= 11 is 1.31. The quantitative estimate of drug-likeness (QED) is 0.780. The van der Waals surface area contributed by atoms with E-state index in [1.165, 1.54) is 15.5 Å². The van der Waals surface area contributed by atoms with Gasteiger partial charge in [-0.2, -0.15) is 0 Å². The van der Waals surface area contributed by atoms with Gasteiger partial charge < -0.3 is 14.8 Å². The topological polar surface area (TPSA) is 69.6 Å². The lowest BCUT2D eigenvalue weighted by Gasteiger charge is -2.12. The van der Waals surface area contributed by atoms with Crippen molar-refractivity contribution in [2.45, 2.75) is 19.5 Å². The van der Waals surface area contributed by atoms with Gasteiger partial charge in [0.2, 0.25) is 12.7 Å². The largest absolute Gasteiger partial charge is 0.454 e. The predicted octanol–water partition coefficient (Wildman–Crippen LogP) is 2.67. The van der Waals surface area contributed by atoms with E-state index in [4.69, 9.17) is 9.47 Å². The average Bonchev–Trinajstić information content (AvgIpc) is 3.23. The maximum atomic E-state index is 12.5. The Bertz CT molecular complexity index is 1010. The molecule has 0 saturated carbocycles. The Morgan fingerprint density at radius 1 is 1.24 bits per heavy atom. The SMILES string of the molecule is C[C@H](C(=O)NCc1ccc2c(c1)OCO2)n1sc2ccccc2c1=O. The van der Waals surface area contributed by atoms with Gasteiger partial charge in [-0.1, -0.05) is 29.7 Å². The van der Waals surface area contributed by atoms with Crippen molar-refractivity contribution in [3.05, 3.63) is 58.4 Å². The Morgan fingerprint density at radius 2 is 2.04 bits per heavy atom. The lowest BCUT2D eigenvalue weighted by atomic mass is 10.2. The zero-order chi connectivity index (χ0) is 17.4. The highest BCUT2D eigenvalue weighted by Crippen LogP contribution is 2.32. The number of amides is 1. The molecule has 0 unspecified atom stereocenters. The zero-order valence-electron chi connectivity index (χ0n) is 13.5. The minimum absolute atomic E-state index is 0.133. The van der Waals surface area contributed by atoms with E-state index >= 15 is 0 Å². The highest BCUT2D eigenvalue weighted by atomic mass is 32.1. The van der Waals surface area contributed by atoms with E-state index in [1.807, 2.05) is 36.4 Å². The van der Waals surface area contributed by atoms with Crippen LogP contribution in [0.4, 0.5) is 0 Å². The lowest BCUT2D eigenvalue weighted by molar-refractivity contribution is -0.123. The van der Waals surface area contributed by atoms with E-state index in [0.29, 0.717) is 23.4 Å². The molecule has 0 fully saturated rings. The first-order valence-corrected chi connectivity index (χ1v) is 8.67. The van der Waals surface area contributed by atoms with Crippen molar-refractivity contribution in [3.8, 4) is 11.5 Å². The number of carbonyl (C=O) groups excluding carboxylic acids is 1. The number of nitrogens with zero attached hydrogens (tertiary/aromatic N) is 1. The summed E-state index contributed by atoms with van der Waals surface area (Å²) in [6.07, 6.45) is 0. The Labute approximate surface area is 147 Å². The van der Waals surface area contributed by atoms with Crippen LogP contribution in [-0.2, 0) is 11.3 Å². The van der Waals surface area contributed by atoms with E-state index < -0.39 is 6.04 Å². The van der Waals surface area contributed by atoms with Crippen molar-refractivity contribution in [2.24, 2.45) is 0 Å². The van der Waals surface area contributed by atoms with Crippen LogP contribution >= 0.6 is 11.5 Å². The van der Waals surface area contributed by atoms with E-state index in [-0.39, 0.29) is 18.3 Å². The molecule has 7 heteroatoms. The molecule has 128 valence electrons. The van der Waals surface area contributed by atoms with E-state index in [9.17, 15) is 9.59 Å². The van der Waals surface area contributed by atoms with Crippen LogP contribution in [0.5, 0.6) is 11.5 Å². The smallest absolute Gasteiger partial charge is 0.269 e. The van der Waals surface area contributed by atoms with Gasteiger partial charge in [-0.3, -0.25) is 13.5 Å². The summed E-state index contributed by atoms with van der Waals surface area (Å²) in [6.45, 7) is 2.31. The van der Waals surface area contributed by atoms with E-state index in [1.54, 1.807) is 13.0 Å². The fraction of sp³-hybridized carbons (Fsp3) is 0.222. The lowest BCUT2D eigenvalue weighted by Crippen LogP contribution is -2.33. The zero-order valence-corrected chi connectivity index (χ0v) is 14.3. The van der Waals surface area contributed by atoms with Crippen LogP contribution < -0.4 is 20.3 Å². The number of nitrogens with one attached hydrogen (secondary N) is 1. The molecule has 0 spiro atoms. The number of hydrogen-bond acceptors (Lipinski definition) is 5. The van der Waals surface area contributed by atoms with Gasteiger partial charge in [0.05, 0.1) is 10.1 Å². The minimum atomic E-state index is -0.570. The molecule has 1 aliphatic rings. The van der Waals surface area contributed by atoms with Gasteiger partial charge in [0.15, 0.2) is 11.5 Å². The minimum Gasteiger partial charge on any atom is -0.454 e. The second-order valence-electron chi connectivity index (χ2n) is 5.80. The third-order valence-corrected chi connectivity index (χ3v) is 5.38. The molecule has 3 aromatic rings. The predicted molar refractivity (Wildman–Crippen MR) is 95.2 cm³/mol. The third kappa shape index (κ3) is 2.87. The van der Waals surface area contributed by atoms with Crippen LogP contribution in [0.1, 0.15) is 18.5 Å². The maximum absolute atomic E-state index is 12.5. The molecule has 4 rings (SSSR count). The first-order chi connectivity index (χ1) is 12.1. The number of aromatic nitrogens is 1. The van der Waals surface area contributed by atoms with Gasteiger partial charge >= 0.3 is 0 Å². The molecule has 1 N–H and O–H groups in total. The fourth-order valence-corrected chi connectivity index (χ4v) is 3.78. The Hall–Kier alpha value is -2.80. The first-order valence-electron chi connectivity index (χ1n) is 7.90. The molecular formula is C18H16N2O4S. The standard InChI is InChI=1S/C18H16N2O4S/c1-11(20-18(22)13-4-2-3-5-16(13)25-20)17(21)19-9-12-6-7-14-15(8-12)24-10-23-14/h2-8,11H,9-10H2,1H3,(H,19,21)/t11-/m1/s1. The van der Waals surface area contributed by atoms with Crippen LogP contribution in [0, 0.1) is 0 Å². The number of fused-ring (bicyclic) bond motifs is 2. The average molecular weight is 356 g/mol. The molecular weight excluding hydrogens is 340 g/mol.